The van der Waals surface area contributed by atoms with Gasteiger partial charge in [-0.3, -0.25) is 18.9 Å². The molecule has 16 unspecified atom stereocenters. The summed E-state index contributed by atoms with van der Waals surface area (Å²) in [6.07, 6.45) is 11.3. The highest BCUT2D eigenvalue weighted by Crippen LogP contribution is 2.63. The SMILES string of the molecule is C1=CC2(OC(OC34C=CC5OC5C3O4)(OC34C=CC5OC5C3O4)OC34C=CC5OC5C3O4)OC2C2OC12. The first-order chi connectivity index (χ1) is 18.0. The van der Waals surface area contributed by atoms with Crippen LogP contribution in [0.25, 0.3) is 0 Å². The van der Waals surface area contributed by atoms with Gasteiger partial charge >= 0.3 is 6.16 Å². The maximum absolute atomic E-state index is 6.65. The molecule has 0 amide bonds. The largest absolute Gasteiger partial charge is 0.423 e. The van der Waals surface area contributed by atoms with E-state index in [4.69, 9.17) is 56.8 Å². The predicted molar refractivity (Wildman–Crippen MR) is 109 cm³/mol. The summed E-state index contributed by atoms with van der Waals surface area (Å²) in [5.41, 5.74) is 0. The van der Waals surface area contributed by atoms with Crippen LogP contribution in [0.1, 0.15) is 0 Å². The molecule has 12 rings (SSSR count). The van der Waals surface area contributed by atoms with Crippen molar-refractivity contribution in [2.24, 2.45) is 0 Å². The van der Waals surface area contributed by atoms with E-state index in [0.717, 1.165) is 0 Å². The van der Waals surface area contributed by atoms with Gasteiger partial charge in [0.25, 0.3) is 0 Å². The summed E-state index contributed by atoms with van der Waals surface area (Å²) in [5, 5.41) is 0. The van der Waals surface area contributed by atoms with Crippen molar-refractivity contribution < 1.29 is 56.8 Å². The number of hydrogen-bond donors (Lipinski definition) is 0. The number of fused-ring (bicyclic) bond motifs is 12. The second-order valence-corrected chi connectivity index (χ2v) is 11.6. The van der Waals surface area contributed by atoms with Gasteiger partial charge in [-0.25, -0.2) is 0 Å². The summed E-state index contributed by atoms with van der Waals surface area (Å²) in [6, 6.07) is 0. The highest BCUT2D eigenvalue weighted by Gasteiger charge is 2.82. The molecule has 37 heavy (non-hydrogen) atoms. The summed E-state index contributed by atoms with van der Waals surface area (Å²) in [7, 11) is 0. The Kier molecular flexibility index (Phi) is 2.86. The lowest BCUT2D eigenvalue weighted by atomic mass is 10.0. The van der Waals surface area contributed by atoms with E-state index >= 15 is 0 Å². The zero-order valence-electron chi connectivity index (χ0n) is 18.9. The smallest absolute Gasteiger partial charge is 0.362 e. The van der Waals surface area contributed by atoms with E-state index in [1.807, 2.05) is 48.6 Å². The van der Waals surface area contributed by atoms with Gasteiger partial charge < -0.3 is 37.9 Å². The van der Waals surface area contributed by atoms with E-state index in [1.165, 1.54) is 0 Å². The predicted octanol–water partition coefficient (Wildman–Crippen LogP) is -0.607. The van der Waals surface area contributed by atoms with Crippen LogP contribution in [0.15, 0.2) is 48.6 Å². The zero-order chi connectivity index (χ0) is 23.6. The molecule has 0 aromatic carbocycles. The molecule has 12 heteroatoms. The van der Waals surface area contributed by atoms with Crippen LogP contribution in [0.2, 0.25) is 0 Å². The van der Waals surface area contributed by atoms with Crippen LogP contribution < -0.4 is 0 Å². The van der Waals surface area contributed by atoms with Gasteiger partial charge in [0.2, 0.25) is 23.1 Å². The van der Waals surface area contributed by atoms with Gasteiger partial charge in [0.1, 0.15) is 73.2 Å². The Morgan fingerprint density at radius 1 is 0.432 bits per heavy atom. The highest BCUT2D eigenvalue weighted by atomic mass is 17.1. The molecule has 8 aliphatic heterocycles. The second kappa shape index (κ2) is 5.42. The van der Waals surface area contributed by atoms with Crippen LogP contribution in [-0.4, -0.2) is 103 Å². The first-order valence-electron chi connectivity index (χ1n) is 12.9. The second-order valence-electron chi connectivity index (χ2n) is 11.6. The molecule has 0 aromatic rings. The Hall–Kier alpha value is -1.52. The van der Waals surface area contributed by atoms with Crippen LogP contribution in [0.5, 0.6) is 0 Å². The Morgan fingerprint density at radius 2 is 0.703 bits per heavy atom. The van der Waals surface area contributed by atoms with Crippen LogP contribution in [0, 0.1) is 0 Å². The molecule has 4 aliphatic carbocycles. The molecule has 8 fully saturated rings. The van der Waals surface area contributed by atoms with E-state index in [1.54, 1.807) is 0 Å². The quantitative estimate of drug-likeness (QED) is 0.233. The molecule has 0 spiro atoms. The third-order valence-corrected chi connectivity index (χ3v) is 9.25. The van der Waals surface area contributed by atoms with Gasteiger partial charge in [-0.05, 0) is 24.3 Å². The van der Waals surface area contributed by atoms with E-state index in [0.29, 0.717) is 0 Å². The number of ether oxygens (including phenoxy) is 12. The van der Waals surface area contributed by atoms with Crippen molar-refractivity contribution in [3.63, 3.8) is 0 Å². The van der Waals surface area contributed by atoms with Crippen molar-refractivity contribution in [2.75, 3.05) is 0 Å². The fraction of sp³-hybridized carbons (Fsp3) is 0.680. The molecule has 0 bridgehead atoms. The van der Waals surface area contributed by atoms with Crippen molar-refractivity contribution in [3.05, 3.63) is 48.6 Å². The maximum Gasteiger partial charge on any atom is 0.423 e. The summed E-state index contributed by atoms with van der Waals surface area (Å²) >= 11 is 0. The lowest BCUT2D eigenvalue weighted by Gasteiger charge is -2.38. The van der Waals surface area contributed by atoms with E-state index in [-0.39, 0.29) is 73.2 Å². The molecule has 0 aromatic heterocycles. The fourth-order valence-electron chi connectivity index (χ4n) is 6.80. The van der Waals surface area contributed by atoms with Gasteiger partial charge in [-0.2, -0.15) is 0 Å². The normalized spacial score (nSPS) is 68.3. The molecule has 12 nitrogen and oxygen atoms in total. The summed E-state index contributed by atoms with van der Waals surface area (Å²) < 4.78 is 73.5. The first-order valence-corrected chi connectivity index (χ1v) is 12.9. The molecular weight excluding hydrogens is 492 g/mol. The van der Waals surface area contributed by atoms with Crippen molar-refractivity contribution in [1.29, 1.82) is 0 Å². The lowest BCUT2D eigenvalue weighted by molar-refractivity contribution is -0.554. The Balaban J connectivity index is 0.974. The molecule has 12 aliphatic rings. The highest BCUT2D eigenvalue weighted by molar-refractivity contribution is 5.32. The van der Waals surface area contributed by atoms with E-state index in [9.17, 15) is 0 Å². The first kappa shape index (κ1) is 19.5. The Morgan fingerprint density at radius 3 is 0.973 bits per heavy atom. The monoisotopic (exact) mass is 512 g/mol. The molecular formula is C25H20O12. The minimum atomic E-state index is -2.16. The zero-order valence-corrected chi connectivity index (χ0v) is 18.9. The number of hydrogen-bond acceptors (Lipinski definition) is 12. The van der Waals surface area contributed by atoms with Crippen molar-refractivity contribution in [1.82, 2.24) is 0 Å². The van der Waals surface area contributed by atoms with Gasteiger partial charge in [0, 0.05) is 0 Å². The summed E-state index contributed by atoms with van der Waals surface area (Å²) in [5.74, 6) is -4.64. The van der Waals surface area contributed by atoms with Crippen LogP contribution in [0.3, 0.4) is 0 Å². The van der Waals surface area contributed by atoms with Crippen molar-refractivity contribution in [3.8, 4) is 0 Å². The number of epoxide rings is 8. The minimum Gasteiger partial charge on any atom is -0.362 e. The van der Waals surface area contributed by atoms with Gasteiger partial charge in [-0.1, -0.05) is 24.3 Å². The van der Waals surface area contributed by atoms with Crippen molar-refractivity contribution in [2.45, 2.75) is 103 Å². The molecule has 0 saturated carbocycles. The fourth-order valence-corrected chi connectivity index (χ4v) is 6.80. The molecule has 16 atom stereocenters. The third kappa shape index (κ3) is 2.42. The molecule has 0 radical (unpaired) electrons. The summed E-state index contributed by atoms with van der Waals surface area (Å²) in [6.45, 7) is 0. The third-order valence-electron chi connectivity index (χ3n) is 9.25. The molecule has 8 heterocycles. The van der Waals surface area contributed by atoms with Crippen molar-refractivity contribution >= 4 is 0 Å². The van der Waals surface area contributed by atoms with Gasteiger partial charge in [-0.15, -0.1) is 0 Å². The molecule has 0 N–H and O–H groups in total. The Bertz CT molecular complexity index is 1110. The topological polar surface area (TPSA) is 137 Å². The van der Waals surface area contributed by atoms with Crippen LogP contribution in [-0.2, 0) is 56.8 Å². The molecule has 8 saturated heterocycles. The van der Waals surface area contributed by atoms with Gasteiger partial charge in [0.15, 0.2) is 0 Å². The Labute approximate surface area is 208 Å². The average molecular weight is 512 g/mol. The number of rotatable bonds is 8. The maximum atomic E-state index is 6.65. The van der Waals surface area contributed by atoms with E-state index < -0.39 is 29.3 Å². The summed E-state index contributed by atoms with van der Waals surface area (Å²) in [4.78, 5) is 0. The standard InChI is InChI=1S/C25H20O12/c1-5-21(17(30-21)13-9(1)26-13)34-25(35-22-6-2-10-14(27-10)18(22)31-22,36-23-7-3-11-15(28-11)19(23)32-23)37-24-8-4-12-16(29-12)20(24)33-24/h1-20H. The average Bonchev–Trinajstić information content (AvgIpc) is 3.60. The van der Waals surface area contributed by atoms with Gasteiger partial charge in [0.05, 0.1) is 0 Å². The minimum absolute atomic E-state index is 0.0290. The lowest BCUT2D eigenvalue weighted by Crippen LogP contribution is -2.56. The van der Waals surface area contributed by atoms with Crippen LogP contribution in [0.4, 0.5) is 0 Å². The van der Waals surface area contributed by atoms with E-state index in [2.05, 4.69) is 0 Å². The van der Waals surface area contributed by atoms with Crippen LogP contribution >= 0.6 is 0 Å². The molecule has 192 valence electrons.